The van der Waals surface area contributed by atoms with E-state index in [1.54, 1.807) is 9.80 Å². The molecule has 14 heteroatoms. The molecule has 2 atom stereocenters. The van der Waals surface area contributed by atoms with Gasteiger partial charge in [0, 0.05) is 58.4 Å². The molecular weight excluding hydrogens is 614 g/mol. The monoisotopic (exact) mass is 669 g/mol. The molecule has 6 N–H and O–H groups in total. The van der Waals surface area contributed by atoms with Crippen molar-refractivity contribution in [1.82, 2.24) is 25.3 Å². The van der Waals surface area contributed by atoms with Crippen molar-refractivity contribution in [2.75, 3.05) is 105 Å². The van der Waals surface area contributed by atoms with E-state index >= 15 is 0 Å². The summed E-state index contributed by atoms with van der Waals surface area (Å²) in [6.45, 7) is 6.33. The van der Waals surface area contributed by atoms with Crippen LogP contribution in [0.1, 0.15) is 57.1 Å². The normalized spacial score (nSPS) is 16.3. The summed E-state index contributed by atoms with van der Waals surface area (Å²) < 4.78 is 0. The summed E-state index contributed by atoms with van der Waals surface area (Å²) in [7, 11) is 1.84. The summed E-state index contributed by atoms with van der Waals surface area (Å²) in [5.41, 5.74) is 2.26. The third-order valence-corrected chi connectivity index (χ3v) is 8.91. The Hall–Kier alpha value is -3.40. The van der Waals surface area contributed by atoms with E-state index in [1.165, 1.54) is 12.8 Å². The van der Waals surface area contributed by atoms with Gasteiger partial charge in [-0.3, -0.25) is 0 Å². The van der Waals surface area contributed by atoms with Crippen LogP contribution in [0.4, 0.5) is 23.5 Å². The molecule has 0 aliphatic carbocycles. The maximum absolute atomic E-state index is 9.73. The fourth-order valence-electron chi connectivity index (χ4n) is 6.10. The van der Waals surface area contributed by atoms with Crippen molar-refractivity contribution in [2.45, 2.75) is 57.6 Å². The van der Waals surface area contributed by atoms with Gasteiger partial charge in [0.05, 0.1) is 32.5 Å². The zero-order valence-electron chi connectivity index (χ0n) is 28.6. The molecule has 2 aliphatic rings. The van der Waals surface area contributed by atoms with Gasteiger partial charge in [0.2, 0.25) is 11.9 Å². The lowest BCUT2D eigenvalue weighted by molar-refractivity contribution is 0.140. The molecule has 2 fully saturated rings. The van der Waals surface area contributed by atoms with Crippen LogP contribution in [-0.2, 0) is 0 Å². The van der Waals surface area contributed by atoms with E-state index in [2.05, 4.69) is 15.1 Å². The molecule has 1 aromatic carbocycles. The Kier molecular flexibility index (Phi) is 15.2. The number of benzene rings is 1. The third kappa shape index (κ3) is 9.83. The minimum atomic E-state index is -0.420. The highest BCUT2D eigenvalue weighted by atomic mass is 16.3. The highest BCUT2D eigenvalue weighted by molar-refractivity contribution is 5.95. The molecule has 266 valence electrons. The standard InChI is InChI=1S/C24H40N8O4.C10H15NO/c33-15-11-31(12-16-34)23-26-20-19(21(27-23)29-7-3-1-4-8-29)25-24(32(13-17-35)14-18-36)28-22(20)30-9-5-2-6-10-30;1-8(11-2)10(12)9-6-4-3-5-7-9/h33-36H,1-18H2;3-8,10-12H,1-2H3/t;8-,10+/m.0/s1. The Morgan fingerprint density at radius 1 is 0.646 bits per heavy atom. The van der Waals surface area contributed by atoms with Crippen LogP contribution in [-0.4, -0.2) is 137 Å². The van der Waals surface area contributed by atoms with E-state index in [9.17, 15) is 25.5 Å². The van der Waals surface area contributed by atoms with Crippen molar-refractivity contribution in [3.8, 4) is 0 Å². The van der Waals surface area contributed by atoms with Crippen molar-refractivity contribution in [3.05, 3.63) is 35.9 Å². The number of hydrogen-bond acceptors (Lipinski definition) is 14. The highest BCUT2D eigenvalue weighted by Gasteiger charge is 2.27. The van der Waals surface area contributed by atoms with Crippen molar-refractivity contribution < 1.29 is 25.5 Å². The number of likely N-dealkylation sites (N-methyl/N-ethyl adjacent to an activating group) is 1. The average Bonchev–Trinajstić information content (AvgIpc) is 3.14. The van der Waals surface area contributed by atoms with Gasteiger partial charge in [0.1, 0.15) is 11.0 Å². The largest absolute Gasteiger partial charge is 0.395 e. The summed E-state index contributed by atoms with van der Waals surface area (Å²) in [5.74, 6) is 2.35. The van der Waals surface area contributed by atoms with Gasteiger partial charge in [0.15, 0.2) is 11.6 Å². The maximum atomic E-state index is 9.73. The van der Waals surface area contributed by atoms with E-state index < -0.39 is 6.10 Å². The second-order valence-corrected chi connectivity index (χ2v) is 12.3. The Morgan fingerprint density at radius 2 is 1.04 bits per heavy atom. The Bertz CT molecular complexity index is 1270. The lowest BCUT2D eigenvalue weighted by Gasteiger charge is -2.33. The summed E-state index contributed by atoms with van der Waals surface area (Å²) in [6.07, 6.45) is 6.19. The van der Waals surface area contributed by atoms with Gasteiger partial charge < -0.3 is 50.4 Å². The number of aliphatic hydroxyl groups is 5. The molecule has 4 heterocycles. The lowest BCUT2D eigenvalue weighted by atomic mass is 10.0. The zero-order valence-corrected chi connectivity index (χ0v) is 28.6. The van der Waals surface area contributed by atoms with E-state index in [-0.39, 0.29) is 32.5 Å². The molecule has 2 saturated heterocycles. The first kappa shape index (κ1) is 37.4. The van der Waals surface area contributed by atoms with Crippen molar-refractivity contribution in [1.29, 1.82) is 0 Å². The van der Waals surface area contributed by atoms with Gasteiger partial charge in [-0.25, -0.2) is 9.97 Å². The van der Waals surface area contributed by atoms with Crippen LogP contribution in [0.5, 0.6) is 0 Å². The summed E-state index contributed by atoms with van der Waals surface area (Å²) in [6, 6.07) is 9.76. The number of fused-ring (bicyclic) bond motifs is 1. The molecule has 0 unspecified atom stereocenters. The fraction of sp³-hybridized carbons (Fsp3) is 0.647. The van der Waals surface area contributed by atoms with Crippen LogP contribution in [0.25, 0.3) is 11.0 Å². The predicted octanol–water partition coefficient (Wildman–Crippen LogP) is 1.31. The van der Waals surface area contributed by atoms with E-state index in [0.29, 0.717) is 49.1 Å². The van der Waals surface area contributed by atoms with Crippen molar-refractivity contribution >= 4 is 34.6 Å². The van der Waals surface area contributed by atoms with Gasteiger partial charge in [-0.15, -0.1) is 0 Å². The molecule has 2 aliphatic heterocycles. The zero-order chi connectivity index (χ0) is 34.3. The predicted molar refractivity (Wildman–Crippen MR) is 190 cm³/mol. The first-order chi connectivity index (χ1) is 23.4. The first-order valence-corrected chi connectivity index (χ1v) is 17.4. The number of aromatic nitrogens is 4. The van der Waals surface area contributed by atoms with Crippen LogP contribution in [0, 0.1) is 0 Å². The minimum Gasteiger partial charge on any atom is -0.395 e. The second kappa shape index (κ2) is 19.6. The van der Waals surface area contributed by atoms with Gasteiger partial charge in [-0.05, 0) is 58.1 Å². The lowest BCUT2D eigenvalue weighted by Crippen LogP contribution is -2.36. The highest BCUT2D eigenvalue weighted by Crippen LogP contribution is 2.34. The minimum absolute atomic E-state index is 0.0772. The molecule has 3 aromatic rings. The number of nitrogens with one attached hydrogen (secondary N) is 1. The Morgan fingerprint density at radius 3 is 1.40 bits per heavy atom. The second-order valence-electron chi connectivity index (χ2n) is 12.3. The van der Waals surface area contributed by atoms with Crippen LogP contribution in [0.15, 0.2) is 30.3 Å². The molecule has 0 radical (unpaired) electrons. The molecule has 5 rings (SSSR count). The molecule has 48 heavy (non-hydrogen) atoms. The number of anilines is 4. The number of aliphatic hydroxyl groups excluding tert-OH is 5. The molecule has 2 aromatic heterocycles. The molecule has 0 bridgehead atoms. The molecule has 0 amide bonds. The molecular formula is C34H55N9O5. The maximum Gasteiger partial charge on any atom is 0.228 e. The smallest absolute Gasteiger partial charge is 0.228 e. The molecule has 14 nitrogen and oxygen atoms in total. The first-order valence-electron chi connectivity index (χ1n) is 17.4. The van der Waals surface area contributed by atoms with Gasteiger partial charge in [0.25, 0.3) is 0 Å². The van der Waals surface area contributed by atoms with E-state index in [0.717, 1.165) is 69.1 Å². The van der Waals surface area contributed by atoms with E-state index in [1.807, 2.05) is 44.3 Å². The van der Waals surface area contributed by atoms with Crippen molar-refractivity contribution in [3.63, 3.8) is 0 Å². The van der Waals surface area contributed by atoms with Crippen molar-refractivity contribution in [2.24, 2.45) is 0 Å². The van der Waals surface area contributed by atoms with Crippen LogP contribution in [0.3, 0.4) is 0 Å². The molecule has 0 saturated carbocycles. The summed E-state index contributed by atoms with van der Waals surface area (Å²) >= 11 is 0. The topological polar surface area (TPSA) is 178 Å². The Labute approximate surface area is 284 Å². The summed E-state index contributed by atoms with van der Waals surface area (Å²) in [5, 5.41) is 51.3. The third-order valence-electron chi connectivity index (χ3n) is 8.91. The number of hydrogen-bond donors (Lipinski definition) is 6. The number of nitrogens with zero attached hydrogens (tertiary/aromatic N) is 8. The number of piperidine rings is 2. The average molecular weight is 670 g/mol. The fourth-order valence-corrected chi connectivity index (χ4v) is 6.10. The van der Waals surface area contributed by atoms with Crippen LogP contribution in [0.2, 0.25) is 0 Å². The number of rotatable bonds is 15. The summed E-state index contributed by atoms with van der Waals surface area (Å²) in [4.78, 5) is 27.8. The van der Waals surface area contributed by atoms with Gasteiger partial charge >= 0.3 is 0 Å². The van der Waals surface area contributed by atoms with E-state index in [4.69, 9.17) is 19.9 Å². The quantitative estimate of drug-likeness (QED) is 0.137. The van der Waals surface area contributed by atoms with Crippen LogP contribution >= 0.6 is 0 Å². The molecule has 0 spiro atoms. The van der Waals surface area contributed by atoms with Gasteiger partial charge in [-0.1, -0.05) is 30.3 Å². The van der Waals surface area contributed by atoms with Crippen LogP contribution < -0.4 is 24.9 Å². The Balaban J connectivity index is 0.000000365. The van der Waals surface area contributed by atoms with Gasteiger partial charge in [-0.2, -0.15) is 9.97 Å². The SMILES string of the molecule is CN[C@@H](C)[C@@H](O)c1ccccc1.OCCN(CCO)c1nc(N2CCCCC2)c2nc(N(CCO)CCO)nc(N3CCCCC3)c2n1.